The summed E-state index contributed by atoms with van der Waals surface area (Å²) in [5, 5.41) is 1.22. The van der Waals surface area contributed by atoms with E-state index < -0.39 is 0 Å². The van der Waals surface area contributed by atoms with Gasteiger partial charge < -0.3 is 14.7 Å². The molecule has 3 aromatic rings. The number of amidine groups is 1. The average molecular weight is 478 g/mol. The van der Waals surface area contributed by atoms with Crippen LogP contribution in [0.3, 0.4) is 0 Å². The highest BCUT2D eigenvalue weighted by atomic mass is 35.5. The van der Waals surface area contributed by atoms with Crippen molar-refractivity contribution < 1.29 is 0 Å². The second-order valence-electron chi connectivity index (χ2n) is 8.14. The minimum atomic E-state index is 0.608. The zero-order chi connectivity index (χ0) is 22.4. The van der Waals surface area contributed by atoms with Crippen molar-refractivity contribution in [2.75, 3.05) is 54.0 Å². The van der Waals surface area contributed by atoms with Crippen molar-refractivity contribution >= 4 is 58.1 Å². The predicted molar refractivity (Wildman–Crippen MR) is 135 cm³/mol. The third kappa shape index (κ3) is 3.61. The number of halogens is 2. The van der Waals surface area contributed by atoms with Gasteiger partial charge in [0.2, 0.25) is 5.95 Å². The summed E-state index contributed by atoms with van der Waals surface area (Å²) >= 11 is 13.0. The molecule has 0 unspecified atom stereocenters. The minimum Gasteiger partial charge on any atom is -0.368 e. The average Bonchev–Trinajstić information content (AvgIpc) is 3.35. The van der Waals surface area contributed by atoms with Crippen LogP contribution in [0.1, 0.15) is 11.1 Å². The number of piperazine rings is 1. The van der Waals surface area contributed by atoms with Crippen LogP contribution in [0.25, 0.3) is 11.6 Å². The molecule has 3 aliphatic heterocycles. The van der Waals surface area contributed by atoms with Crippen LogP contribution in [0.2, 0.25) is 10.0 Å². The maximum Gasteiger partial charge on any atom is 0.227 e. The van der Waals surface area contributed by atoms with Gasteiger partial charge >= 0.3 is 0 Å². The molecule has 166 valence electrons. The molecule has 3 aliphatic rings. The summed E-state index contributed by atoms with van der Waals surface area (Å²) in [7, 11) is 0. The van der Waals surface area contributed by atoms with E-state index >= 15 is 0 Å². The van der Waals surface area contributed by atoms with E-state index in [1.807, 2.05) is 42.9 Å². The topological polar surface area (TPSA) is 60.8 Å². The quantitative estimate of drug-likeness (QED) is 0.560. The van der Waals surface area contributed by atoms with Gasteiger partial charge in [-0.05, 0) is 30.3 Å². The molecular formula is C24H21Cl2N7. The number of anilines is 3. The number of fused-ring (bicyclic) bond motifs is 3. The summed E-state index contributed by atoms with van der Waals surface area (Å²) in [4.78, 5) is 25.3. The highest BCUT2D eigenvalue weighted by Gasteiger charge is 2.32. The fourth-order valence-corrected chi connectivity index (χ4v) is 5.21. The number of rotatable bonds is 3. The van der Waals surface area contributed by atoms with Crippen molar-refractivity contribution in [1.29, 1.82) is 0 Å². The van der Waals surface area contributed by atoms with E-state index in [1.165, 1.54) is 5.69 Å². The molecule has 0 saturated carbocycles. The normalized spacial score (nSPS) is 17.5. The summed E-state index contributed by atoms with van der Waals surface area (Å²) in [6, 6.07) is 9.65. The molecule has 7 nitrogen and oxygen atoms in total. The number of hydrogen-bond donors (Lipinski definition) is 0. The SMILES string of the molecule is Clc1cccc(Cl)c1C1=Cc2cnc(N3CCN(c4ccncc4)CC3)nc2N2CCN=C12. The van der Waals surface area contributed by atoms with Crippen LogP contribution in [0, 0.1) is 0 Å². The van der Waals surface area contributed by atoms with Gasteiger partial charge in [0, 0.05) is 73.7 Å². The van der Waals surface area contributed by atoms with Crippen LogP contribution in [0.15, 0.2) is 53.9 Å². The van der Waals surface area contributed by atoms with Crippen LogP contribution in [-0.2, 0) is 0 Å². The van der Waals surface area contributed by atoms with Crippen molar-refractivity contribution in [3.8, 4) is 0 Å². The van der Waals surface area contributed by atoms with E-state index in [0.29, 0.717) is 16.6 Å². The minimum absolute atomic E-state index is 0.608. The Balaban J connectivity index is 1.30. The highest BCUT2D eigenvalue weighted by molar-refractivity contribution is 6.44. The van der Waals surface area contributed by atoms with Crippen LogP contribution in [0.4, 0.5) is 17.5 Å². The molecular weight excluding hydrogens is 457 g/mol. The van der Waals surface area contributed by atoms with Gasteiger partial charge in [0.05, 0.1) is 16.6 Å². The number of aromatic nitrogens is 3. The molecule has 0 radical (unpaired) electrons. The van der Waals surface area contributed by atoms with Gasteiger partial charge in [0.25, 0.3) is 0 Å². The van der Waals surface area contributed by atoms with Gasteiger partial charge in [-0.1, -0.05) is 29.3 Å². The second-order valence-corrected chi connectivity index (χ2v) is 8.95. The molecule has 6 rings (SSSR count). The van der Waals surface area contributed by atoms with Gasteiger partial charge in [-0.25, -0.2) is 4.98 Å². The molecule has 0 spiro atoms. The number of benzene rings is 1. The third-order valence-electron chi connectivity index (χ3n) is 6.24. The van der Waals surface area contributed by atoms with Crippen molar-refractivity contribution in [2.24, 2.45) is 4.99 Å². The summed E-state index contributed by atoms with van der Waals surface area (Å²) in [5.41, 5.74) is 3.86. The van der Waals surface area contributed by atoms with Gasteiger partial charge in [-0.2, -0.15) is 4.98 Å². The van der Waals surface area contributed by atoms with E-state index in [1.54, 1.807) is 0 Å². The van der Waals surface area contributed by atoms with Crippen molar-refractivity contribution in [3.05, 3.63) is 70.1 Å². The lowest BCUT2D eigenvalue weighted by Crippen LogP contribution is -2.47. The van der Waals surface area contributed by atoms with E-state index in [2.05, 4.69) is 31.8 Å². The molecule has 1 saturated heterocycles. The van der Waals surface area contributed by atoms with Gasteiger partial charge in [0.15, 0.2) is 0 Å². The Hall–Kier alpha value is -3.16. The summed E-state index contributed by atoms with van der Waals surface area (Å²) < 4.78 is 0. The smallest absolute Gasteiger partial charge is 0.227 e. The van der Waals surface area contributed by atoms with Crippen LogP contribution in [-0.4, -0.2) is 60.1 Å². The van der Waals surface area contributed by atoms with Crippen LogP contribution >= 0.6 is 23.2 Å². The monoisotopic (exact) mass is 477 g/mol. The van der Waals surface area contributed by atoms with Crippen LogP contribution in [0.5, 0.6) is 0 Å². The molecule has 0 bridgehead atoms. The Labute approximate surface area is 202 Å². The Morgan fingerprint density at radius 3 is 2.33 bits per heavy atom. The largest absolute Gasteiger partial charge is 0.368 e. The Morgan fingerprint density at radius 2 is 1.58 bits per heavy atom. The lowest BCUT2D eigenvalue weighted by molar-refractivity contribution is 0.639. The molecule has 0 aliphatic carbocycles. The molecule has 9 heteroatoms. The molecule has 5 heterocycles. The van der Waals surface area contributed by atoms with Crippen molar-refractivity contribution in [3.63, 3.8) is 0 Å². The fraction of sp³-hybridized carbons (Fsp3) is 0.250. The van der Waals surface area contributed by atoms with Crippen LogP contribution < -0.4 is 14.7 Å². The van der Waals surface area contributed by atoms with Crippen molar-refractivity contribution in [1.82, 2.24) is 15.0 Å². The first-order chi connectivity index (χ1) is 16.2. The van der Waals surface area contributed by atoms with E-state index in [0.717, 1.165) is 67.0 Å². The lowest BCUT2D eigenvalue weighted by Gasteiger charge is -2.36. The first-order valence-electron chi connectivity index (χ1n) is 10.9. The first-order valence-corrected chi connectivity index (χ1v) is 11.7. The van der Waals surface area contributed by atoms with E-state index in [4.69, 9.17) is 38.2 Å². The van der Waals surface area contributed by atoms with Crippen molar-refractivity contribution in [2.45, 2.75) is 0 Å². The third-order valence-corrected chi connectivity index (χ3v) is 6.87. The maximum absolute atomic E-state index is 6.52. The molecule has 0 atom stereocenters. The number of hydrogen-bond acceptors (Lipinski definition) is 7. The number of aliphatic imine (C=N–C) groups is 1. The molecule has 0 N–H and O–H groups in total. The Bertz CT molecular complexity index is 1250. The van der Waals surface area contributed by atoms with E-state index in [-0.39, 0.29) is 0 Å². The van der Waals surface area contributed by atoms with E-state index in [9.17, 15) is 0 Å². The summed E-state index contributed by atoms with van der Waals surface area (Å²) in [6.45, 7) is 5.02. The predicted octanol–water partition coefficient (Wildman–Crippen LogP) is 4.28. The number of nitrogens with zero attached hydrogens (tertiary/aromatic N) is 7. The lowest BCUT2D eigenvalue weighted by atomic mass is 9.98. The zero-order valence-electron chi connectivity index (χ0n) is 17.8. The fourth-order valence-electron chi connectivity index (χ4n) is 4.61. The molecule has 1 aromatic carbocycles. The maximum atomic E-state index is 6.52. The zero-order valence-corrected chi connectivity index (χ0v) is 19.3. The molecule has 0 amide bonds. The standard InChI is InChI=1S/C24H21Cl2N7/c25-19-2-1-3-20(26)21(19)18-14-16-15-29-24(30-22(16)33-9-8-28-23(18)33)32-12-10-31(11-13-32)17-4-6-27-7-5-17/h1-7,14-15H,8-13H2. The van der Waals surface area contributed by atoms with Gasteiger partial charge in [-0.3, -0.25) is 9.98 Å². The van der Waals surface area contributed by atoms with Gasteiger partial charge in [0.1, 0.15) is 11.7 Å². The molecule has 2 aromatic heterocycles. The second kappa shape index (κ2) is 8.32. The summed E-state index contributed by atoms with van der Waals surface area (Å²) in [5.74, 6) is 2.51. The highest BCUT2D eigenvalue weighted by Crippen LogP contribution is 2.40. The molecule has 1 fully saturated rings. The van der Waals surface area contributed by atoms with Gasteiger partial charge in [-0.15, -0.1) is 0 Å². The first kappa shape index (κ1) is 20.4. The molecule has 33 heavy (non-hydrogen) atoms. The Morgan fingerprint density at radius 1 is 0.848 bits per heavy atom. The summed E-state index contributed by atoms with van der Waals surface area (Å²) in [6.07, 6.45) is 7.61. The Kier molecular flexibility index (Phi) is 5.15. The number of pyridine rings is 1.